The Kier molecular flexibility index (Phi) is 1.85. The Balaban J connectivity index is 1.69. The van der Waals surface area contributed by atoms with Gasteiger partial charge in [-0.3, -0.25) is 0 Å². The first-order chi connectivity index (χ1) is 7.95. The monoisotopic (exact) mass is 236 g/mol. The second kappa shape index (κ2) is 2.91. The maximum Gasteiger partial charge on any atom is 0.0949 e. The fraction of sp³-hybridized carbons (Fsp3) is 1.00. The lowest BCUT2D eigenvalue weighted by Gasteiger charge is -2.59. The summed E-state index contributed by atoms with van der Waals surface area (Å²) in [6.45, 7) is 4.76. The molecule has 0 aromatic carbocycles. The van der Waals surface area contributed by atoms with E-state index in [-0.39, 0.29) is 11.2 Å². The molecule has 0 aromatic rings. The van der Waals surface area contributed by atoms with E-state index < -0.39 is 0 Å². The van der Waals surface area contributed by atoms with Crippen molar-refractivity contribution in [1.29, 1.82) is 0 Å². The molecule has 96 valence electrons. The standard InChI is InChI=1S/C15H24O2/c1-13(2)9-11-10(13)3-6-15-8-7-14(11,16)5-4-12(15)17-15/h10-12,16H,3-9H2,1-2H3/t10-,11+,12+,14-,15-/m1/s1. The summed E-state index contributed by atoms with van der Waals surface area (Å²) in [7, 11) is 0. The Labute approximate surface area is 104 Å². The van der Waals surface area contributed by atoms with Crippen LogP contribution < -0.4 is 0 Å². The van der Waals surface area contributed by atoms with Crippen LogP contribution in [0.5, 0.6) is 0 Å². The quantitative estimate of drug-likeness (QED) is 0.656. The van der Waals surface area contributed by atoms with E-state index in [1.165, 1.54) is 19.3 Å². The summed E-state index contributed by atoms with van der Waals surface area (Å²) in [6.07, 6.45) is 8.41. The van der Waals surface area contributed by atoms with Crippen molar-refractivity contribution in [3.05, 3.63) is 0 Å². The first-order valence-corrected chi connectivity index (χ1v) is 7.36. The third-order valence-electron chi connectivity index (χ3n) is 6.53. The van der Waals surface area contributed by atoms with E-state index in [0.29, 0.717) is 17.4 Å². The SMILES string of the molecule is CC1(C)C[C@H]2[C@H]1CC[C@@]13CC[C@]2(O)CC[C@@H]1O3. The number of hydrogen-bond acceptors (Lipinski definition) is 2. The van der Waals surface area contributed by atoms with Gasteiger partial charge >= 0.3 is 0 Å². The Morgan fingerprint density at radius 2 is 1.82 bits per heavy atom. The van der Waals surface area contributed by atoms with E-state index in [1.807, 2.05) is 0 Å². The summed E-state index contributed by atoms with van der Waals surface area (Å²) in [6, 6.07) is 0. The Bertz CT molecular complexity index is 364. The largest absolute Gasteiger partial charge is 0.390 e. The number of ether oxygens (including phenoxy) is 1. The van der Waals surface area contributed by atoms with Crippen LogP contribution in [0.2, 0.25) is 0 Å². The maximum absolute atomic E-state index is 11.0. The van der Waals surface area contributed by atoms with Gasteiger partial charge in [0.1, 0.15) is 0 Å². The highest BCUT2D eigenvalue weighted by Crippen LogP contribution is 2.64. The Morgan fingerprint density at radius 1 is 1.00 bits per heavy atom. The number of rotatable bonds is 0. The molecular weight excluding hydrogens is 212 g/mol. The summed E-state index contributed by atoms with van der Waals surface area (Å²) in [5, 5.41) is 11.0. The molecule has 4 rings (SSSR count). The van der Waals surface area contributed by atoms with Gasteiger partial charge in [-0.1, -0.05) is 13.8 Å². The van der Waals surface area contributed by atoms with Crippen molar-refractivity contribution >= 4 is 0 Å². The molecule has 5 atom stereocenters. The van der Waals surface area contributed by atoms with Gasteiger partial charge in [0.05, 0.1) is 17.3 Å². The van der Waals surface area contributed by atoms with Crippen molar-refractivity contribution in [3.63, 3.8) is 0 Å². The Morgan fingerprint density at radius 3 is 2.59 bits per heavy atom. The molecule has 1 N–H and O–H groups in total. The van der Waals surface area contributed by atoms with Crippen molar-refractivity contribution < 1.29 is 9.84 Å². The van der Waals surface area contributed by atoms with Gasteiger partial charge < -0.3 is 9.84 Å². The van der Waals surface area contributed by atoms with E-state index in [1.54, 1.807) is 0 Å². The lowest BCUT2D eigenvalue weighted by Crippen LogP contribution is -2.56. The van der Waals surface area contributed by atoms with Crippen LogP contribution in [0.4, 0.5) is 0 Å². The molecule has 0 unspecified atom stereocenters. The average molecular weight is 236 g/mol. The van der Waals surface area contributed by atoms with E-state index in [0.717, 1.165) is 31.6 Å². The van der Waals surface area contributed by atoms with Gasteiger partial charge in [0.2, 0.25) is 0 Å². The second-order valence-electron chi connectivity index (χ2n) is 7.76. The van der Waals surface area contributed by atoms with Gasteiger partial charge in [0.25, 0.3) is 0 Å². The summed E-state index contributed by atoms with van der Waals surface area (Å²) in [5.74, 6) is 1.31. The van der Waals surface area contributed by atoms with Crippen molar-refractivity contribution in [2.75, 3.05) is 0 Å². The zero-order valence-electron chi connectivity index (χ0n) is 11.0. The van der Waals surface area contributed by atoms with Crippen LogP contribution in [0.25, 0.3) is 0 Å². The van der Waals surface area contributed by atoms with Crippen LogP contribution in [0, 0.1) is 17.3 Å². The van der Waals surface area contributed by atoms with Gasteiger partial charge in [-0.15, -0.1) is 0 Å². The number of hydrogen-bond donors (Lipinski definition) is 1. The molecule has 1 aliphatic heterocycles. The molecule has 17 heavy (non-hydrogen) atoms. The lowest BCUT2D eigenvalue weighted by molar-refractivity contribution is -0.164. The molecule has 0 aromatic heterocycles. The van der Waals surface area contributed by atoms with Gasteiger partial charge in [-0.2, -0.15) is 0 Å². The van der Waals surface area contributed by atoms with Crippen LogP contribution in [0.15, 0.2) is 0 Å². The van der Waals surface area contributed by atoms with Crippen LogP contribution >= 0.6 is 0 Å². The van der Waals surface area contributed by atoms with Gasteiger partial charge in [-0.25, -0.2) is 0 Å². The maximum atomic E-state index is 11.0. The lowest BCUT2D eigenvalue weighted by atomic mass is 9.48. The zero-order valence-corrected chi connectivity index (χ0v) is 11.0. The van der Waals surface area contributed by atoms with Crippen LogP contribution in [0.1, 0.15) is 58.8 Å². The highest BCUT2D eigenvalue weighted by Gasteiger charge is 2.65. The highest BCUT2D eigenvalue weighted by molar-refractivity contribution is 5.14. The van der Waals surface area contributed by atoms with Gasteiger partial charge in [-0.05, 0) is 62.2 Å². The van der Waals surface area contributed by atoms with Crippen molar-refractivity contribution in [2.45, 2.75) is 76.1 Å². The summed E-state index contributed by atoms with van der Waals surface area (Å²) < 4.78 is 5.98. The van der Waals surface area contributed by atoms with Gasteiger partial charge in [0.15, 0.2) is 0 Å². The summed E-state index contributed by atoms with van der Waals surface area (Å²) in [5.41, 5.74) is 0.289. The van der Waals surface area contributed by atoms with Gasteiger partial charge in [0, 0.05) is 0 Å². The first kappa shape index (κ1) is 10.8. The third-order valence-corrected chi connectivity index (χ3v) is 6.53. The molecule has 2 nitrogen and oxygen atoms in total. The van der Waals surface area contributed by atoms with E-state index in [9.17, 15) is 5.11 Å². The molecule has 0 radical (unpaired) electrons. The Hall–Kier alpha value is -0.0800. The van der Waals surface area contributed by atoms with Crippen molar-refractivity contribution in [3.8, 4) is 0 Å². The molecule has 2 bridgehead atoms. The molecule has 3 aliphatic carbocycles. The molecule has 1 spiro atoms. The highest BCUT2D eigenvalue weighted by atomic mass is 16.6. The molecule has 0 amide bonds. The third kappa shape index (κ3) is 1.29. The number of aliphatic hydroxyl groups is 1. The predicted octanol–water partition coefficient (Wildman–Crippen LogP) is 2.89. The van der Waals surface area contributed by atoms with E-state index in [2.05, 4.69) is 13.8 Å². The molecule has 1 heterocycles. The molecule has 1 saturated heterocycles. The van der Waals surface area contributed by atoms with Crippen LogP contribution in [-0.4, -0.2) is 22.4 Å². The molecule has 2 heteroatoms. The van der Waals surface area contributed by atoms with E-state index >= 15 is 0 Å². The molecule has 4 fully saturated rings. The van der Waals surface area contributed by atoms with Crippen molar-refractivity contribution in [1.82, 2.24) is 0 Å². The zero-order chi connectivity index (χ0) is 11.9. The van der Waals surface area contributed by atoms with Crippen LogP contribution in [0.3, 0.4) is 0 Å². The molecular formula is C15H24O2. The average Bonchev–Trinajstić information content (AvgIpc) is 2.94. The minimum atomic E-state index is -0.357. The number of epoxide rings is 1. The topological polar surface area (TPSA) is 32.8 Å². The summed E-state index contributed by atoms with van der Waals surface area (Å²) in [4.78, 5) is 0. The first-order valence-electron chi connectivity index (χ1n) is 7.36. The fourth-order valence-electron chi connectivity index (χ4n) is 5.24. The molecule has 4 aliphatic rings. The molecule has 3 saturated carbocycles. The second-order valence-corrected chi connectivity index (χ2v) is 7.76. The minimum Gasteiger partial charge on any atom is -0.390 e. The van der Waals surface area contributed by atoms with Crippen molar-refractivity contribution in [2.24, 2.45) is 17.3 Å². The number of fused-ring (bicyclic) bond motifs is 4. The minimum absolute atomic E-state index is 0.196. The van der Waals surface area contributed by atoms with Crippen LogP contribution in [-0.2, 0) is 4.74 Å². The smallest absolute Gasteiger partial charge is 0.0949 e. The fourth-order valence-corrected chi connectivity index (χ4v) is 5.24. The van der Waals surface area contributed by atoms with E-state index in [4.69, 9.17) is 4.74 Å². The predicted molar refractivity (Wildman–Crippen MR) is 65.6 cm³/mol. The summed E-state index contributed by atoms with van der Waals surface area (Å²) >= 11 is 0. The normalized spacial score (nSPS) is 59.1.